The maximum absolute atomic E-state index is 11.5. The molecule has 1 heterocycles. The van der Waals surface area contributed by atoms with Crippen LogP contribution in [0.4, 0.5) is 5.82 Å². The Bertz CT molecular complexity index is 321. The van der Waals surface area contributed by atoms with Crippen LogP contribution in [0.3, 0.4) is 0 Å². The minimum absolute atomic E-state index is 0.205. The first kappa shape index (κ1) is 11.4. The van der Waals surface area contributed by atoms with Crippen molar-refractivity contribution in [2.45, 2.75) is 20.3 Å². The van der Waals surface area contributed by atoms with Gasteiger partial charge in [0.2, 0.25) is 0 Å². The smallest absolute Gasteiger partial charge is 0.271 e. The van der Waals surface area contributed by atoms with Crippen molar-refractivity contribution in [3.63, 3.8) is 0 Å². The van der Waals surface area contributed by atoms with Crippen LogP contribution in [0, 0.1) is 5.92 Å². The molecule has 0 aliphatic heterocycles. The van der Waals surface area contributed by atoms with Crippen LogP contribution < -0.4 is 11.1 Å². The van der Waals surface area contributed by atoms with Gasteiger partial charge in [0.15, 0.2) is 5.69 Å². The molecular weight excluding hydrogens is 192 g/mol. The maximum Gasteiger partial charge on any atom is 0.271 e. The normalized spacial score (nSPS) is 10.3. The molecule has 0 aliphatic rings. The van der Waals surface area contributed by atoms with E-state index in [-0.39, 0.29) is 5.91 Å². The van der Waals surface area contributed by atoms with E-state index in [1.165, 1.54) is 0 Å². The molecule has 0 aliphatic carbocycles. The molecule has 1 aromatic heterocycles. The van der Waals surface area contributed by atoms with Crippen LogP contribution in [0.1, 0.15) is 30.8 Å². The maximum atomic E-state index is 11.5. The van der Waals surface area contributed by atoms with E-state index >= 15 is 0 Å². The highest BCUT2D eigenvalue weighted by Gasteiger charge is 2.06. The van der Waals surface area contributed by atoms with Gasteiger partial charge in [-0.3, -0.25) is 4.79 Å². The number of hydrogen-bond donors (Lipinski definition) is 2. The van der Waals surface area contributed by atoms with Crippen molar-refractivity contribution < 1.29 is 4.79 Å². The van der Waals surface area contributed by atoms with Gasteiger partial charge in [-0.25, -0.2) is 0 Å². The molecule has 15 heavy (non-hydrogen) atoms. The Morgan fingerprint density at radius 1 is 1.47 bits per heavy atom. The van der Waals surface area contributed by atoms with Crippen LogP contribution in [-0.2, 0) is 0 Å². The molecule has 1 aromatic rings. The van der Waals surface area contributed by atoms with Gasteiger partial charge in [-0.15, -0.1) is 10.2 Å². The zero-order chi connectivity index (χ0) is 11.3. The quantitative estimate of drug-likeness (QED) is 0.768. The largest absolute Gasteiger partial charge is 0.382 e. The number of anilines is 1. The van der Waals surface area contributed by atoms with Gasteiger partial charge < -0.3 is 11.1 Å². The summed E-state index contributed by atoms with van der Waals surface area (Å²) in [5.41, 5.74) is 5.66. The van der Waals surface area contributed by atoms with Crippen molar-refractivity contribution in [1.82, 2.24) is 15.5 Å². The zero-order valence-electron chi connectivity index (χ0n) is 9.03. The molecule has 0 saturated heterocycles. The molecule has 0 spiro atoms. The summed E-state index contributed by atoms with van der Waals surface area (Å²) in [5.74, 6) is 0.680. The number of amides is 1. The number of rotatable bonds is 4. The molecule has 82 valence electrons. The summed E-state index contributed by atoms with van der Waals surface area (Å²) in [6.45, 7) is 4.87. The SMILES string of the molecule is CC(C)CCNC(=O)c1ccc(N)nn1. The lowest BCUT2D eigenvalue weighted by Gasteiger charge is -2.06. The minimum atomic E-state index is -0.205. The molecule has 0 fully saturated rings. The monoisotopic (exact) mass is 208 g/mol. The Morgan fingerprint density at radius 3 is 2.73 bits per heavy atom. The second kappa shape index (κ2) is 5.29. The predicted molar refractivity (Wildman–Crippen MR) is 58.2 cm³/mol. The van der Waals surface area contributed by atoms with Gasteiger partial charge in [0.25, 0.3) is 5.91 Å². The third-order valence-corrected chi connectivity index (χ3v) is 1.93. The lowest BCUT2D eigenvalue weighted by atomic mass is 10.1. The zero-order valence-corrected chi connectivity index (χ0v) is 9.03. The number of carbonyl (C=O) groups excluding carboxylic acids is 1. The molecular formula is C10H16N4O. The number of nitrogens with zero attached hydrogens (tertiary/aromatic N) is 2. The summed E-state index contributed by atoms with van der Waals surface area (Å²) in [4.78, 5) is 11.5. The third-order valence-electron chi connectivity index (χ3n) is 1.93. The van der Waals surface area contributed by atoms with Gasteiger partial charge >= 0.3 is 0 Å². The summed E-state index contributed by atoms with van der Waals surface area (Å²) in [7, 11) is 0. The number of nitrogens with one attached hydrogen (secondary N) is 1. The fourth-order valence-corrected chi connectivity index (χ4v) is 1.03. The molecule has 5 nitrogen and oxygen atoms in total. The van der Waals surface area contributed by atoms with Gasteiger partial charge in [0, 0.05) is 6.54 Å². The standard InChI is InChI=1S/C10H16N4O/c1-7(2)5-6-12-10(15)8-3-4-9(11)14-13-8/h3-4,7H,5-6H2,1-2H3,(H2,11,14)(H,12,15). The number of hydrogen-bond acceptors (Lipinski definition) is 4. The highest BCUT2D eigenvalue weighted by molar-refractivity contribution is 5.92. The van der Waals surface area contributed by atoms with Crippen molar-refractivity contribution in [3.05, 3.63) is 17.8 Å². The summed E-state index contributed by atoms with van der Waals surface area (Å²) in [6, 6.07) is 3.12. The van der Waals surface area contributed by atoms with Crippen LogP contribution in [0.5, 0.6) is 0 Å². The van der Waals surface area contributed by atoms with Crippen molar-refractivity contribution in [1.29, 1.82) is 0 Å². The van der Waals surface area contributed by atoms with Crippen LogP contribution >= 0.6 is 0 Å². The topological polar surface area (TPSA) is 80.9 Å². The molecule has 1 rings (SSSR count). The Kier molecular flexibility index (Phi) is 4.03. The van der Waals surface area contributed by atoms with E-state index in [1.807, 2.05) is 0 Å². The molecule has 5 heteroatoms. The van der Waals surface area contributed by atoms with Gasteiger partial charge in [0.05, 0.1) is 0 Å². The highest BCUT2D eigenvalue weighted by atomic mass is 16.1. The molecule has 0 saturated carbocycles. The average Bonchev–Trinajstić information content (AvgIpc) is 2.18. The fourth-order valence-electron chi connectivity index (χ4n) is 1.03. The van der Waals surface area contributed by atoms with E-state index in [1.54, 1.807) is 12.1 Å². The lowest BCUT2D eigenvalue weighted by molar-refractivity contribution is 0.0946. The minimum Gasteiger partial charge on any atom is -0.382 e. The van der Waals surface area contributed by atoms with Gasteiger partial charge in [0.1, 0.15) is 5.82 Å². The van der Waals surface area contributed by atoms with Gasteiger partial charge in [-0.05, 0) is 24.5 Å². The van der Waals surface area contributed by atoms with E-state index in [4.69, 9.17) is 5.73 Å². The molecule has 3 N–H and O–H groups in total. The fraction of sp³-hybridized carbons (Fsp3) is 0.500. The first-order chi connectivity index (χ1) is 7.09. The summed E-state index contributed by atoms with van der Waals surface area (Å²) < 4.78 is 0. The van der Waals surface area contributed by atoms with E-state index < -0.39 is 0 Å². The van der Waals surface area contributed by atoms with Crippen LogP contribution in [0.25, 0.3) is 0 Å². The Labute approximate surface area is 89.1 Å². The second-order valence-corrected chi connectivity index (χ2v) is 3.78. The Balaban J connectivity index is 2.43. The number of nitrogen functional groups attached to an aromatic ring is 1. The van der Waals surface area contributed by atoms with Gasteiger partial charge in [-0.1, -0.05) is 13.8 Å². The van der Waals surface area contributed by atoms with E-state index in [0.29, 0.717) is 24.0 Å². The highest BCUT2D eigenvalue weighted by Crippen LogP contribution is 1.99. The molecule has 0 radical (unpaired) electrons. The van der Waals surface area contributed by atoms with Crippen LogP contribution in [0.15, 0.2) is 12.1 Å². The Morgan fingerprint density at radius 2 is 2.20 bits per heavy atom. The second-order valence-electron chi connectivity index (χ2n) is 3.78. The summed E-state index contributed by atoms with van der Waals surface area (Å²) >= 11 is 0. The Hall–Kier alpha value is -1.65. The van der Waals surface area contributed by atoms with Gasteiger partial charge in [-0.2, -0.15) is 0 Å². The summed E-state index contributed by atoms with van der Waals surface area (Å²) in [6.07, 6.45) is 0.953. The number of carbonyl (C=O) groups is 1. The average molecular weight is 208 g/mol. The number of nitrogens with two attached hydrogens (primary N) is 1. The van der Waals surface area contributed by atoms with E-state index in [0.717, 1.165) is 6.42 Å². The molecule has 0 atom stereocenters. The van der Waals surface area contributed by atoms with Crippen LogP contribution in [0.2, 0.25) is 0 Å². The van der Waals surface area contributed by atoms with Crippen molar-refractivity contribution in [2.75, 3.05) is 12.3 Å². The number of aromatic nitrogens is 2. The van der Waals surface area contributed by atoms with Crippen molar-refractivity contribution >= 4 is 11.7 Å². The van der Waals surface area contributed by atoms with Crippen LogP contribution in [-0.4, -0.2) is 22.6 Å². The van der Waals surface area contributed by atoms with Crippen molar-refractivity contribution in [3.8, 4) is 0 Å². The van der Waals surface area contributed by atoms with E-state index in [9.17, 15) is 4.79 Å². The third kappa shape index (κ3) is 3.93. The first-order valence-electron chi connectivity index (χ1n) is 4.97. The van der Waals surface area contributed by atoms with Crippen molar-refractivity contribution in [2.24, 2.45) is 5.92 Å². The molecule has 0 bridgehead atoms. The lowest BCUT2D eigenvalue weighted by Crippen LogP contribution is -2.26. The predicted octanol–water partition coefficient (Wildman–Crippen LogP) is 0.835. The molecule has 1 amide bonds. The van der Waals surface area contributed by atoms with E-state index in [2.05, 4.69) is 29.4 Å². The summed E-state index contributed by atoms with van der Waals surface area (Å²) in [5, 5.41) is 10.1. The molecule has 0 aromatic carbocycles. The first-order valence-corrected chi connectivity index (χ1v) is 4.97. The molecule has 0 unspecified atom stereocenters.